The summed E-state index contributed by atoms with van der Waals surface area (Å²) in [6, 6.07) is 0. The summed E-state index contributed by atoms with van der Waals surface area (Å²) in [4.78, 5) is 8.56. The summed E-state index contributed by atoms with van der Waals surface area (Å²) in [7, 11) is 0. The van der Waals surface area contributed by atoms with Gasteiger partial charge in [0.25, 0.3) is 0 Å². The van der Waals surface area contributed by atoms with Crippen LogP contribution in [0.25, 0.3) is 0 Å². The first-order valence-electron chi connectivity index (χ1n) is 0.651. The van der Waals surface area contributed by atoms with Gasteiger partial charge in [0, 0.05) is 33.6 Å². The summed E-state index contributed by atoms with van der Waals surface area (Å²) in [5.41, 5.74) is 0. The van der Waals surface area contributed by atoms with Crippen molar-refractivity contribution in [1.82, 2.24) is 0 Å². The third-order valence-electron chi connectivity index (χ3n) is 0. The van der Waals surface area contributed by atoms with Crippen molar-refractivity contribution in [3.63, 3.8) is 0 Å². The number of hydrogen-bond acceptors (Lipinski definition) is 1. The van der Waals surface area contributed by atoms with Crippen LogP contribution in [0.3, 0.4) is 0 Å². The van der Waals surface area contributed by atoms with Crippen molar-refractivity contribution < 1.29 is 68.9 Å². The molecule has 0 aromatic rings. The first-order chi connectivity index (χ1) is 1.73. The van der Waals surface area contributed by atoms with Crippen LogP contribution in [-0.2, 0) is 33.6 Å². The van der Waals surface area contributed by atoms with Crippen molar-refractivity contribution in [3.05, 3.63) is 0 Å². The Labute approximate surface area is 74.9 Å². The molecule has 0 aliphatic heterocycles. The van der Waals surface area contributed by atoms with E-state index in [2.05, 4.69) is 0 Å². The maximum atomic E-state index is 8.56. The van der Waals surface area contributed by atoms with Crippen LogP contribution in [0.5, 0.6) is 0 Å². The largest absolute Gasteiger partial charge is 1.00 e. The van der Waals surface area contributed by atoms with Crippen molar-refractivity contribution in [2.75, 3.05) is 0 Å². The molecule has 0 saturated heterocycles. The van der Waals surface area contributed by atoms with Crippen molar-refractivity contribution >= 4 is 6.16 Å². The molecular weight excluding hydrogens is 181 g/mol. The Morgan fingerprint density at radius 2 is 1.43 bits per heavy atom. The molecule has 1 radical (unpaired) electrons. The van der Waals surface area contributed by atoms with E-state index in [0.717, 1.165) is 0 Å². The molecule has 0 rings (SSSR count). The van der Waals surface area contributed by atoms with Gasteiger partial charge >= 0.3 is 25.0 Å². The summed E-state index contributed by atoms with van der Waals surface area (Å²) >= 11 is 0. The maximum absolute atomic E-state index is 8.56. The molecule has 3 nitrogen and oxygen atoms in total. The van der Waals surface area contributed by atoms with Crippen LogP contribution >= 0.6 is 0 Å². The minimum atomic E-state index is -1.83. The summed E-state index contributed by atoms with van der Waals surface area (Å²) in [5, 5.41) is 13.9. The summed E-state index contributed by atoms with van der Waals surface area (Å²) in [5.74, 6) is 0. The van der Waals surface area contributed by atoms with E-state index in [1.165, 1.54) is 0 Å². The molecule has 0 aliphatic rings. The van der Waals surface area contributed by atoms with Crippen molar-refractivity contribution in [2.24, 2.45) is 0 Å². The van der Waals surface area contributed by atoms with Crippen LogP contribution < -0.4 is 18.9 Å². The van der Waals surface area contributed by atoms with Gasteiger partial charge in [-0.25, -0.2) is 4.79 Å². The summed E-state index contributed by atoms with van der Waals surface area (Å²) < 4.78 is 0. The Morgan fingerprint density at radius 1 is 1.43 bits per heavy atom. The average Bonchev–Trinajstić information content (AvgIpc) is 0.811. The normalized spacial score (nSPS) is 3.43. The number of rotatable bonds is 0. The molecule has 43 valence electrons. The summed E-state index contributed by atoms with van der Waals surface area (Å²) in [6.45, 7) is 0. The second-order valence-corrected chi connectivity index (χ2v) is 0.283. The number of carbonyl (C=O) groups is 1. The Balaban J connectivity index is -0.00000000750. The molecule has 0 heterocycles. The zero-order chi connectivity index (χ0) is 3.58. The van der Waals surface area contributed by atoms with Gasteiger partial charge in [-0.1, -0.05) is 0 Å². The van der Waals surface area contributed by atoms with Gasteiger partial charge in [-0.15, -0.1) is 0 Å². The predicted molar refractivity (Wildman–Crippen MR) is 11.8 cm³/mol. The van der Waals surface area contributed by atoms with E-state index in [4.69, 9.17) is 15.0 Å². The van der Waals surface area contributed by atoms with E-state index < -0.39 is 6.16 Å². The van der Waals surface area contributed by atoms with Crippen molar-refractivity contribution in [1.29, 1.82) is 0 Å². The maximum Gasteiger partial charge on any atom is 1.00 e. The predicted octanol–water partition coefficient (Wildman–Crippen LogP) is -2.67. The Bertz CT molecular complexity index is 42.3. The first-order valence-corrected chi connectivity index (χ1v) is 0.651. The van der Waals surface area contributed by atoms with Gasteiger partial charge in [-0.2, -0.15) is 0 Å². The van der Waals surface area contributed by atoms with Crippen LogP contribution in [0.4, 0.5) is 4.79 Å². The van der Waals surface area contributed by atoms with Crippen LogP contribution in [0, 0.1) is 0 Å². The SMILES string of the molecule is O=C(O)O.[H-].[Li+].[Mn].[Ni]. The van der Waals surface area contributed by atoms with Crippen LogP contribution in [-0.4, -0.2) is 16.4 Å². The van der Waals surface area contributed by atoms with Gasteiger partial charge in [-0.3, -0.25) is 0 Å². The molecule has 0 fully saturated rings. The van der Waals surface area contributed by atoms with Crippen LogP contribution in [0.2, 0.25) is 0 Å². The second-order valence-electron chi connectivity index (χ2n) is 0.283. The summed E-state index contributed by atoms with van der Waals surface area (Å²) in [6.07, 6.45) is -1.83. The number of carboxylic acid groups (broad SMARTS) is 2. The minimum Gasteiger partial charge on any atom is -1.00 e. The molecule has 2 N–H and O–H groups in total. The fourth-order valence-corrected chi connectivity index (χ4v) is 0. The zero-order valence-electron chi connectivity index (χ0n) is 4.50. The standard InChI is InChI=1S/CH2O3.Li.Mn.Ni.H/c2-1(3)4;;;;/h(H2,2,3,4);;;;/q;+1;;;-1. The molecule has 0 saturated carbocycles. The van der Waals surface area contributed by atoms with Gasteiger partial charge < -0.3 is 11.6 Å². The molecule has 0 amide bonds. The minimum absolute atomic E-state index is 0. The molecule has 0 aromatic heterocycles. The molecular formula is CH3LiMnNiO3. The Hall–Kier alpha value is 0.880. The zero-order valence-corrected chi connectivity index (χ0v) is 5.66. The molecule has 7 heavy (non-hydrogen) atoms. The fraction of sp³-hybridized carbons (Fsp3) is 0. The molecule has 0 bridgehead atoms. The van der Waals surface area contributed by atoms with E-state index in [0.29, 0.717) is 0 Å². The van der Waals surface area contributed by atoms with E-state index in [-0.39, 0.29) is 53.8 Å². The Morgan fingerprint density at radius 3 is 1.43 bits per heavy atom. The van der Waals surface area contributed by atoms with Gasteiger partial charge in [0.2, 0.25) is 0 Å². The second kappa shape index (κ2) is 15.8. The van der Waals surface area contributed by atoms with Gasteiger partial charge in [-0.05, 0) is 0 Å². The molecule has 0 aliphatic carbocycles. The quantitative estimate of drug-likeness (QED) is 0.403. The molecule has 6 heteroatoms. The van der Waals surface area contributed by atoms with E-state index >= 15 is 0 Å². The Kier molecular flexibility index (Phi) is 55.9. The smallest absolute Gasteiger partial charge is 1.00 e. The molecule has 0 spiro atoms. The van der Waals surface area contributed by atoms with Crippen molar-refractivity contribution in [3.8, 4) is 0 Å². The first kappa shape index (κ1) is 24.8. The van der Waals surface area contributed by atoms with Crippen molar-refractivity contribution in [2.45, 2.75) is 0 Å². The van der Waals surface area contributed by atoms with Crippen LogP contribution in [0.1, 0.15) is 1.43 Å². The van der Waals surface area contributed by atoms with Crippen LogP contribution in [0.15, 0.2) is 0 Å². The third-order valence-corrected chi connectivity index (χ3v) is 0. The molecule has 0 atom stereocenters. The average molecular weight is 184 g/mol. The van der Waals surface area contributed by atoms with E-state index in [1.807, 2.05) is 0 Å². The topological polar surface area (TPSA) is 57.5 Å². The van der Waals surface area contributed by atoms with E-state index in [1.54, 1.807) is 0 Å². The fourth-order valence-electron chi connectivity index (χ4n) is 0. The van der Waals surface area contributed by atoms with E-state index in [9.17, 15) is 0 Å². The number of hydrogen-bond donors (Lipinski definition) is 2. The monoisotopic (exact) mass is 183 g/mol. The van der Waals surface area contributed by atoms with Gasteiger partial charge in [0.05, 0.1) is 0 Å². The molecule has 0 aromatic carbocycles. The van der Waals surface area contributed by atoms with Gasteiger partial charge in [0.1, 0.15) is 0 Å². The van der Waals surface area contributed by atoms with Gasteiger partial charge in [0.15, 0.2) is 0 Å². The third kappa shape index (κ3) is 211. The molecule has 0 unspecified atom stereocenters.